The molecule has 1 aliphatic rings. The van der Waals surface area contributed by atoms with Crippen molar-refractivity contribution in [3.05, 3.63) is 35.4 Å². The molecule has 0 aliphatic heterocycles. The molecule has 1 unspecified atom stereocenters. The second kappa shape index (κ2) is 6.73. The number of likely N-dealkylation sites (N-methyl/N-ethyl adjacent to an activating group) is 1. The maximum absolute atomic E-state index is 11.5. The number of benzene rings is 1. The van der Waals surface area contributed by atoms with E-state index in [1.54, 1.807) is 7.05 Å². The number of nitrogens with one attached hydrogen (secondary N) is 2. The van der Waals surface area contributed by atoms with Gasteiger partial charge in [0, 0.05) is 13.1 Å². The van der Waals surface area contributed by atoms with Crippen LogP contribution in [0.25, 0.3) is 0 Å². The van der Waals surface area contributed by atoms with E-state index < -0.39 is 6.04 Å². The summed E-state index contributed by atoms with van der Waals surface area (Å²) in [5.41, 5.74) is 2.66. The molecule has 0 saturated carbocycles. The first kappa shape index (κ1) is 15.0. The monoisotopic (exact) mass is 270 g/mol. The average Bonchev–Trinajstić information content (AvgIpc) is 2.77. The van der Waals surface area contributed by atoms with Crippen LogP contribution in [0.5, 0.6) is 0 Å². The summed E-state index contributed by atoms with van der Waals surface area (Å²) in [5, 5.41) is 14.9. The summed E-state index contributed by atoms with van der Waals surface area (Å²) < 4.78 is 0. The highest BCUT2D eigenvalue weighted by atomic mass is 35.5. The fraction of sp³-hybridized carbons (Fsp3) is 0.462. The van der Waals surface area contributed by atoms with Gasteiger partial charge in [0.25, 0.3) is 0 Å². The van der Waals surface area contributed by atoms with Gasteiger partial charge in [0.05, 0.1) is 6.61 Å². The van der Waals surface area contributed by atoms with Gasteiger partial charge < -0.3 is 15.7 Å². The molecule has 1 atom stereocenters. The summed E-state index contributed by atoms with van der Waals surface area (Å²) in [5.74, 6) is -0.163. The summed E-state index contributed by atoms with van der Waals surface area (Å²) in [6.07, 6.45) is 1.84. The zero-order valence-corrected chi connectivity index (χ0v) is 11.2. The predicted molar refractivity (Wildman–Crippen MR) is 73.0 cm³/mol. The van der Waals surface area contributed by atoms with E-state index in [2.05, 4.69) is 22.8 Å². The van der Waals surface area contributed by atoms with Crippen molar-refractivity contribution < 1.29 is 9.90 Å². The minimum Gasteiger partial charge on any atom is -0.394 e. The lowest BCUT2D eigenvalue weighted by molar-refractivity contribution is -0.123. The molecule has 100 valence electrons. The molecule has 0 saturated heterocycles. The second-order valence-electron chi connectivity index (χ2n) is 4.39. The second-order valence-corrected chi connectivity index (χ2v) is 4.39. The van der Waals surface area contributed by atoms with Crippen molar-refractivity contribution in [3.63, 3.8) is 0 Å². The van der Waals surface area contributed by atoms with Crippen LogP contribution in [-0.2, 0) is 17.6 Å². The van der Waals surface area contributed by atoms with Gasteiger partial charge in [-0.05, 0) is 24.0 Å². The average molecular weight is 271 g/mol. The summed E-state index contributed by atoms with van der Waals surface area (Å²) in [4.78, 5) is 11.5. The first-order valence-electron chi connectivity index (χ1n) is 5.90. The van der Waals surface area contributed by atoms with E-state index in [9.17, 15) is 9.90 Å². The Kier molecular flexibility index (Phi) is 5.59. The Morgan fingerprint density at radius 1 is 1.39 bits per heavy atom. The Hall–Kier alpha value is -1.10. The van der Waals surface area contributed by atoms with Gasteiger partial charge in [-0.3, -0.25) is 4.79 Å². The fourth-order valence-corrected chi connectivity index (χ4v) is 2.35. The van der Waals surface area contributed by atoms with Gasteiger partial charge in [0.1, 0.15) is 6.04 Å². The molecule has 1 aromatic carbocycles. The lowest BCUT2D eigenvalue weighted by Crippen LogP contribution is -2.49. The lowest BCUT2D eigenvalue weighted by atomic mass is 10.1. The number of hydrogen-bond acceptors (Lipinski definition) is 3. The van der Waals surface area contributed by atoms with Crippen LogP contribution < -0.4 is 10.6 Å². The van der Waals surface area contributed by atoms with Gasteiger partial charge in [0.15, 0.2) is 0 Å². The van der Waals surface area contributed by atoms with Crippen molar-refractivity contribution in [1.29, 1.82) is 0 Å². The SMILES string of the molecule is CNC(=O)C(CO)NC1Cc2ccccc2C1.Cl. The minimum absolute atomic E-state index is 0. The topological polar surface area (TPSA) is 61.4 Å². The van der Waals surface area contributed by atoms with Crippen LogP contribution in [0.15, 0.2) is 24.3 Å². The molecule has 2 rings (SSSR count). The summed E-state index contributed by atoms with van der Waals surface area (Å²) in [6.45, 7) is -0.174. The van der Waals surface area contributed by atoms with Gasteiger partial charge in [-0.25, -0.2) is 0 Å². The van der Waals surface area contributed by atoms with Gasteiger partial charge in [-0.2, -0.15) is 0 Å². The smallest absolute Gasteiger partial charge is 0.239 e. The predicted octanol–water partition coefficient (Wildman–Crippen LogP) is 0.272. The quantitative estimate of drug-likeness (QED) is 0.736. The van der Waals surface area contributed by atoms with E-state index >= 15 is 0 Å². The maximum Gasteiger partial charge on any atom is 0.239 e. The summed E-state index contributed by atoms with van der Waals surface area (Å²) >= 11 is 0. The molecule has 3 N–H and O–H groups in total. The number of aliphatic hydroxyl groups is 1. The molecule has 18 heavy (non-hydrogen) atoms. The number of carbonyl (C=O) groups is 1. The number of hydrogen-bond donors (Lipinski definition) is 3. The van der Waals surface area contributed by atoms with E-state index in [-0.39, 0.29) is 31.0 Å². The molecule has 0 heterocycles. The lowest BCUT2D eigenvalue weighted by Gasteiger charge is -2.19. The van der Waals surface area contributed by atoms with Crippen LogP contribution in [0.3, 0.4) is 0 Å². The number of aliphatic hydroxyl groups excluding tert-OH is 1. The van der Waals surface area contributed by atoms with Crippen molar-refractivity contribution in [2.75, 3.05) is 13.7 Å². The minimum atomic E-state index is -0.515. The number of carbonyl (C=O) groups excluding carboxylic acids is 1. The third-order valence-corrected chi connectivity index (χ3v) is 3.23. The Labute approximate surface area is 113 Å². The molecule has 0 radical (unpaired) electrons. The normalized spacial score (nSPS) is 15.7. The first-order chi connectivity index (χ1) is 8.24. The largest absolute Gasteiger partial charge is 0.394 e. The van der Waals surface area contributed by atoms with Crippen molar-refractivity contribution in [1.82, 2.24) is 10.6 Å². The summed E-state index contributed by atoms with van der Waals surface area (Å²) in [6, 6.07) is 8.02. The molecule has 1 aromatic rings. The van der Waals surface area contributed by atoms with Crippen LogP contribution in [0, 0.1) is 0 Å². The molecular formula is C13H19ClN2O2. The van der Waals surface area contributed by atoms with E-state index in [0.29, 0.717) is 0 Å². The molecular weight excluding hydrogens is 252 g/mol. The van der Waals surface area contributed by atoms with Gasteiger partial charge in [-0.1, -0.05) is 24.3 Å². The Morgan fingerprint density at radius 3 is 2.39 bits per heavy atom. The van der Waals surface area contributed by atoms with Crippen molar-refractivity contribution >= 4 is 18.3 Å². The standard InChI is InChI=1S/C13H18N2O2.ClH/c1-14-13(17)12(8-16)15-11-6-9-4-2-3-5-10(9)7-11;/h2-5,11-12,15-16H,6-8H2,1H3,(H,14,17);1H. The number of halogens is 1. The van der Waals surface area contributed by atoms with Crippen molar-refractivity contribution in [3.8, 4) is 0 Å². The number of fused-ring (bicyclic) bond motifs is 1. The molecule has 4 nitrogen and oxygen atoms in total. The maximum atomic E-state index is 11.5. The van der Waals surface area contributed by atoms with Crippen LogP contribution >= 0.6 is 12.4 Å². The van der Waals surface area contributed by atoms with E-state index in [1.165, 1.54) is 11.1 Å². The van der Waals surface area contributed by atoms with Gasteiger partial charge in [-0.15, -0.1) is 12.4 Å². The van der Waals surface area contributed by atoms with E-state index in [0.717, 1.165) is 12.8 Å². The van der Waals surface area contributed by atoms with Crippen LogP contribution in [0.4, 0.5) is 0 Å². The third kappa shape index (κ3) is 3.22. The zero-order valence-electron chi connectivity index (χ0n) is 10.3. The molecule has 0 spiro atoms. The molecule has 0 fully saturated rings. The highest BCUT2D eigenvalue weighted by Gasteiger charge is 2.25. The van der Waals surface area contributed by atoms with Crippen LogP contribution in [0.2, 0.25) is 0 Å². The van der Waals surface area contributed by atoms with E-state index in [4.69, 9.17) is 0 Å². The molecule has 5 heteroatoms. The van der Waals surface area contributed by atoms with Crippen LogP contribution in [0.1, 0.15) is 11.1 Å². The van der Waals surface area contributed by atoms with Crippen LogP contribution in [-0.4, -0.2) is 36.8 Å². The number of amides is 1. The number of rotatable bonds is 4. The van der Waals surface area contributed by atoms with Gasteiger partial charge in [0.2, 0.25) is 5.91 Å². The van der Waals surface area contributed by atoms with Crippen molar-refractivity contribution in [2.24, 2.45) is 0 Å². The Balaban J connectivity index is 0.00000162. The van der Waals surface area contributed by atoms with Crippen molar-refractivity contribution in [2.45, 2.75) is 24.9 Å². The molecule has 1 amide bonds. The highest BCUT2D eigenvalue weighted by Crippen LogP contribution is 2.21. The summed E-state index contributed by atoms with van der Waals surface area (Å²) in [7, 11) is 1.58. The first-order valence-corrected chi connectivity index (χ1v) is 5.90. The Morgan fingerprint density at radius 2 is 1.94 bits per heavy atom. The molecule has 0 bridgehead atoms. The van der Waals surface area contributed by atoms with Gasteiger partial charge >= 0.3 is 0 Å². The molecule has 1 aliphatic carbocycles. The molecule has 0 aromatic heterocycles. The third-order valence-electron chi connectivity index (χ3n) is 3.23. The Bertz CT molecular complexity index is 387. The zero-order chi connectivity index (χ0) is 12.3. The van der Waals surface area contributed by atoms with E-state index in [1.807, 2.05) is 12.1 Å². The fourth-order valence-electron chi connectivity index (χ4n) is 2.35. The highest BCUT2D eigenvalue weighted by molar-refractivity contribution is 5.85.